The predicted molar refractivity (Wildman–Crippen MR) is 109 cm³/mol. The fraction of sp³-hybridized carbons (Fsp3) is 0. The van der Waals surface area contributed by atoms with Gasteiger partial charge in [-0.15, -0.1) is 0 Å². The van der Waals surface area contributed by atoms with Crippen molar-refractivity contribution in [2.75, 3.05) is 0 Å². The molecule has 3 rings (SSSR count). The summed E-state index contributed by atoms with van der Waals surface area (Å²) in [5.41, 5.74) is 3.95. The minimum atomic E-state index is -0.449. The summed E-state index contributed by atoms with van der Waals surface area (Å²) in [4.78, 5) is 24.0. The summed E-state index contributed by atoms with van der Waals surface area (Å²) in [6, 6.07) is 19.4. The number of halogens is 1. The number of phenolic OH excluding ortho intramolecular Hbond substituents is 1. The van der Waals surface area contributed by atoms with Crippen molar-refractivity contribution >= 4 is 34.0 Å². The lowest BCUT2D eigenvalue weighted by molar-refractivity contribution is 0.0734. The number of hydrogen-bond donors (Lipinski definition) is 2. The van der Waals surface area contributed by atoms with Gasteiger partial charge < -0.3 is 9.84 Å². The first-order chi connectivity index (χ1) is 13.5. The van der Waals surface area contributed by atoms with Gasteiger partial charge in [-0.05, 0) is 78.4 Å². The van der Waals surface area contributed by atoms with Crippen LogP contribution >= 0.6 is 15.9 Å². The highest BCUT2D eigenvalue weighted by atomic mass is 79.9. The third-order valence-electron chi connectivity index (χ3n) is 3.68. The normalized spacial score (nSPS) is 10.6. The molecule has 7 heteroatoms. The van der Waals surface area contributed by atoms with Crippen molar-refractivity contribution in [3.8, 4) is 11.5 Å². The van der Waals surface area contributed by atoms with E-state index in [9.17, 15) is 14.7 Å². The van der Waals surface area contributed by atoms with Crippen LogP contribution in [0.5, 0.6) is 11.5 Å². The zero-order chi connectivity index (χ0) is 19.9. The van der Waals surface area contributed by atoms with Gasteiger partial charge in [0.1, 0.15) is 11.5 Å². The molecule has 3 aromatic carbocycles. The van der Waals surface area contributed by atoms with E-state index < -0.39 is 11.9 Å². The van der Waals surface area contributed by atoms with Crippen LogP contribution in [0, 0.1) is 0 Å². The third-order valence-corrected chi connectivity index (χ3v) is 4.21. The van der Waals surface area contributed by atoms with Gasteiger partial charge in [-0.25, -0.2) is 10.2 Å². The maximum Gasteiger partial charge on any atom is 0.343 e. The molecule has 0 aliphatic heterocycles. The van der Waals surface area contributed by atoms with Gasteiger partial charge in [0.05, 0.1) is 11.8 Å². The molecule has 0 aliphatic rings. The molecule has 3 aromatic rings. The fourth-order valence-corrected chi connectivity index (χ4v) is 2.48. The molecule has 140 valence electrons. The number of benzene rings is 3. The summed E-state index contributed by atoms with van der Waals surface area (Å²) >= 11 is 3.31. The van der Waals surface area contributed by atoms with Crippen LogP contribution in [0.2, 0.25) is 0 Å². The molecule has 2 N–H and O–H groups in total. The quantitative estimate of drug-likeness (QED) is 0.271. The van der Waals surface area contributed by atoms with Crippen LogP contribution in [0.15, 0.2) is 82.4 Å². The SMILES string of the molecule is O=C(N/N=C/c1ccc(OC(=O)c2ccc(Br)cc2)cc1)c1ccc(O)cc1. The molecule has 0 spiro atoms. The number of phenols is 1. The molecule has 0 fully saturated rings. The molecule has 0 saturated carbocycles. The van der Waals surface area contributed by atoms with Crippen molar-refractivity contribution in [3.63, 3.8) is 0 Å². The zero-order valence-electron chi connectivity index (χ0n) is 14.5. The molecule has 0 aliphatic carbocycles. The Kier molecular flexibility index (Phi) is 6.18. The van der Waals surface area contributed by atoms with Gasteiger partial charge >= 0.3 is 5.97 Å². The summed E-state index contributed by atoms with van der Waals surface area (Å²) in [6.07, 6.45) is 1.47. The standard InChI is InChI=1S/C21H15BrN2O4/c22-17-7-3-16(4-8-17)21(27)28-19-11-1-14(2-12-19)13-23-24-20(26)15-5-9-18(25)10-6-15/h1-13,25H,(H,24,26)/b23-13+. The summed E-state index contributed by atoms with van der Waals surface area (Å²) in [5.74, 6) is -0.356. The lowest BCUT2D eigenvalue weighted by Gasteiger charge is -2.05. The topological polar surface area (TPSA) is 88.0 Å². The molecule has 0 unspecified atom stereocenters. The smallest absolute Gasteiger partial charge is 0.343 e. The number of nitrogens with one attached hydrogen (secondary N) is 1. The van der Waals surface area contributed by atoms with Gasteiger partial charge in [-0.1, -0.05) is 15.9 Å². The highest BCUT2D eigenvalue weighted by Gasteiger charge is 2.08. The minimum absolute atomic E-state index is 0.0842. The second-order valence-corrected chi connectivity index (χ2v) is 6.63. The van der Waals surface area contributed by atoms with Crippen LogP contribution in [-0.4, -0.2) is 23.2 Å². The van der Waals surface area contributed by atoms with E-state index in [1.54, 1.807) is 48.5 Å². The van der Waals surface area contributed by atoms with Gasteiger partial charge in [0.25, 0.3) is 5.91 Å². The average Bonchev–Trinajstić information content (AvgIpc) is 2.70. The first-order valence-corrected chi connectivity index (χ1v) is 9.01. The molecule has 0 heterocycles. The third kappa shape index (κ3) is 5.28. The van der Waals surface area contributed by atoms with Crippen molar-refractivity contribution < 1.29 is 19.4 Å². The van der Waals surface area contributed by atoms with E-state index in [-0.39, 0.29) is 5.75 Å². The van der Waals surface area contributed by atoms with E-state index >= 15 is 0 Å². The Labute approximate surface area is 169 Å². The Morgan fingerprint density at radius 1 is 0.893 bits per heavy atom. The van der Waals surface area contributed by atoms with E-state index in [0.717, 1.165) is 10.0 Å². The molecule has 0 saturated heterocycles. The second-order valence-electron chi connectivity index (χ2n) is 5.71. The molecular weight excluding hydrogens is 424 g/mol. The van der Waals surface area contributed by atoms with Gasteiger partial charge in [-0.2, -0.15) is 5.10 Å². The lowest BCUT2D eigenvalue weighted by atomic mass is 10.2. The number of nitrogens with zero attached hydrogens (tertiary/aromatic N) is 1. The summed E-state index contributed by atoms with van der Waals surface area (Å²) < 4.78 is 6.20. The van der Waals surface area contributed by atoms with Crippen LogP contribution in [0.4, 0.5) is 0 Å². The highest BCUT2D eigenvalue weighted by Crippen LogP contribution is 2.16. The van der Waals surface area contributed by atoms with E-state index in [0.29, 0.717) is 16.9 Å². The Balaban J connectivity index is 1.55. The van der Waals surface area contributed by atoms with E-state index in [2.05, 4.69) is 26.5 Å². The Bertz CT molecular complexity index is 998. The summed E-state index contributed by atoms with van der Waals surface area (Å²) in [6.45, 7) is 0. The van der Waals surface area contributed by atoms with Crippen LogP contribution in [-0.2, 0) is 0 Å². The molecule has 1 amide bonds. The summed E-state index contributed by atoms with van der Waals surface area (Å²) in [7, 11) is 0. The minimum Gasteiger partial charge on any atom is -0.508 e. The first-order valence-electron chi connectivity index (χ1n) is 8.21. The monoisotopic (exact) mass is 438 g/mol. The number of rotatable bonds is 5. The highest BCUT2D eigenvalue weighted by molar-refractivity contribution is 9.10. The number of carbonyl (C=O) groups excluding carboxylic acids is 2. The van der Waals surface area contributed by atoms with Crippen molar-refractivity contribution in [1.82, 2.24) is 5.43 Å². The van der Waals surface area contributed by atoms with Crippen molar-refractivity contribution in [1.29, 1.82) is 0 Å². The molecule has 0 bridgehead atoms. The van der Waals surface area contributed by atoms with E-state index in [1.807, 2.05) is 0 Å². The van der Waals surface area contributed by atoms with Gasteiger partial charge in [0.2, 0.25) is 0 Å². The van der Waals surface area contributed by atoms with Crippen molar-refractivity contribution in [2.24, 2.45) is 5.10 Å². The van der Waals surface area contributed by atoms with Crippen molar-refractivity contribution in [3.05, 3.63) is 94.0 Å². The fourth-order valence-electron chi connectivity index (χ4n) is 2.22. The number of carbonyl (C=O) groups is 2. The molecule has 6 nitrogen and oxygen atoms in total. The van der Waals surface area contributed by atoms with E-state index in [4.69, 9.17) is 4.74 Å². The number of aromatic hydroxyl groups is 1. The van der Waals surface area contributed by atoms with Crippen LogP contribution in [0.1, 0.15) is 26.3 Å². The lowest BCUT2D eigenvalue weighted by Crippen LogP contribution is -2.17. The molecule has 0 atom stereocenters. The molecule has 0 aromatic heterocycles. The van der Waals surface area contributed by atoms with Crippen LogP contribution in [0.25, 0.3) is 0 Å². The molecular formula is C21H15BrN2O4. The molecule has 0 radical (unpaired) electrons. The molecule has 28 heavy (non-hydrogen) atoms. The van der Waals surface area contributed by atoms with Gasteiger partial charge in [-0.3, -0.25) is 4.79 Å². The van der Waals surface area contributed by atoms with Crippen molar-refractivity contribution in [2.45, 2.75) is 0 Å². The zero-order valence-corrected chi connectivity index (χ0v) is 16.1. The van der Waals surface area contributed by atoms with Gasteiger partial charge in [0.15, 0.2) is 0 Å². The Hall–Kier alpha value is -3.45. The van der Waals surface area contributed by atoms with Gasteiger partial charge in [0, 0.05) is 10.0 Å². The predicted octanol–water partition coefficient (Wildman–Crippen LogP) is 4.14. The maximum atomic E-state index is 12.1. The average molecular weight is 439 g/mol. The Morgan fingerprint density at radius 2 is 1.50 bits per heavy atom. The number of hydrogen-bond acceptors (Lipinski definition) is 5. The summed E-state index contributed by atoms with van der Waals surface area (Å²) in [5, 5.41) is 13.1. The largest absolute Gasteiger partial charge is 0.508 e. The number of ether oxygens (including phenoxy) is 1. The van der Waals surface area contributed by atoms with Crippen LogP contribution < -0.4 is 10.2 Å². The Morgan fingerprint density at radius 3 is 2.14 bits per heavy atom. The first kappa shape index (κ1) is 19.3. The number of hydrazone groups is 1. The second kappa shape index (κ2) is 8.96. The van der Waals surface area contributed by atoms with Crippen LogP contribution in [0.3, 0.4) is 0 Å². The maximum absolute atomic E-state index is 12.1. The van der Waals surface area contributed by atoms with E-state index in [1.165, 1.54) is 30.5 Å². The number of esters is 1. The number of amides is 1.